The summed E-state index contributed by atoms with van der Waals surface area (Å²) in [5, 5.41) is 5.37. The van der Waals surface area contributed by atoms with Crippen LogP contribution in [0.4, 0.5) is 8.78 Å². The van der Waals surface area contributed by atoms with Gasteiger partial charge < -0.3 is 21.1 Å². The molecule has 0 radical (unpaired) electrons. The van der Waals surface area contributed by atoms with E-state index in [0.29, 0.717) is 24.8 Å². The summed E-state index contributed by atoms with van der Waals surface area (Å²) in [6.07, 6.45) is 3.39. The normalized spacial score (nSPS) is 13.2. The van der Waals surface area contributed by atoms with E-state index >= 15 is 0 Å². The summed E-state index contributed by atoms with van der Waals surface area (Å²) >= 11 is 6.03. The molecule has 1 atom stereocenters. The summed E-state index contributed by atoms with van der Waals surface area (Å²) in [7, 11) is 0. The number of amides is 2. The molecule has 0 saturated carbocycles. The standard InChI is InChI=1S/C20H27ClF2N4O3/c1-4-6-13(9-17(24)27-18(28)7-5-2)19(29)26-12(3)14-8-15(21)20(25-10-14)30-11-16(22)23/h6,8-10,12,16H,4-5,7,11,24H2,1-3H3,(H,26,29)(H,27,28)/b13-6+,17-9+. The molecule has 166 valence electrons. The molecule has 0 aliphatic rings. The average molecular weight is 445 g/mol. The minimum Gasteiger partial charge on any atom is -0.471 e. The molecule has 7 nitrogen and oxygen atoms in total. The maximum Gasteiger partial charge on any atom is 0.272 e. The third-order valence-electron chi connectivity index (χ3n) is 3.78. The molecule has 1 unspecified atom stereocenters. The molecule has 30 heavy (non-hydrogen) atoms. The molecule has 0 aliphatic heterocycles. The molecule has 1 rings (SSSR count). The largest absolute Gasteiger partial charge is 0.471 e. The Morgan fingerprint density at radius 1 is 1.37 bits per heavy atom. The number of nitrogens with zero attached hydrogens (tertiary/aromatic N) is 1. The summed E-state index contributed by atoms with van der Waals surface area (Å²) in [6, 6.07) is 0.995. The zero-order chi connectivity index (χ0) is 22.7. The van der Waals surface area contributed by atoms with Crippen molar-refractivity contribution in [3.63, 3.8) is 0 Å². The van der Waals surface area contributed by atoms with Crippen LogP contribution in [0.5, 0.6) is 5.88 Å². The van der Waals surface area contributed by atoms with Crippen molar-refractivity contribution in [1.29, 1.82) is 0 Å². The predicted octanol–water partition coefficient (Wildman–Crippen LogP) is 3.61. The first-order chi connectivity index (χ1) is 14.2. The van der Waals surface area contributed by atoms with Crippen LogP contribution in [-0.4, -0.2) is 29.8 Å². The van der Waals surface area contributed by atoms with Crippen LogP contribution in [0, 0.1) is 0 Å². The van der Waals surface area contributed by atoms with E-state index in [-0.39, 0.29) is 28.2 Å². The van der Waals surface area contributed by atoms with Gasteiger partial charge in [0.05, 0.1) is 6.04 Å². The Balaban J connectivity index is 2.85. The maximum absolute atomic E-state index is 12.6. The van der Waals surface area contributed by atoms with Crippen molar-refractivity contribution in [3.8, 4) is 5.88 Å². The Morgan fingerprint density at radius 3 is 2.63 bits per heavy atom. The van der Waals surface area contributed by atoms with Gasteiger partial charge in [-0.3, -0.25) is 9.59 Å². The fraction of sp³-hybridized carbons (Fsp3) is 0.450. The SMILES string of the molecule is CC/C=C(\C=C(/N)NC(=O)CCC)C(=O)NC(C)c1cnc(OCC(F)F)c(Cl)c1. The van der Waals surface area contributed by atoms with Crippen LogP contribution >= 0.6 is 11.6 Å². The molecule has 10 heteroatoms. The first-order valence-electron chi connectivity index (χ1n) is 9.52. The highest BCUT2D eigenvalue weighted by molar-refractivity contribution is 6.31. The molecule has 1 aromatic heterocycles. The number of alkyl halides is 2. The van der Waals surface area contributed by atoms with Crippen molar-refractivity contribution in [2.75, 3.05) is 6.61 Å². The van der Waals surface area contributed by atoms with E-state index in [4.69, 9.17) is 22.1 Å². The minimum atomic E-state index is -2.64. The van der Waals surface area contributed by atoms with E-state index in [0.717, 1.165) is 0 Å². The number of carbonyl (C=O) groups is 2. The quantitative estimate of drug-likeness (QED) is 0.357. The third-order valence-corrected chi connectivity index (χ3v) is 4.05. The first-order valence-corrected chi connectivity index (χ1v) is 9.90. The van der Waals surface area contributed by atoms with Gasteiger partial charge in [-0.15, -0.1) is 0 Å². The van der Waals surface area contributed by atoms with Gasteiger partial charge in [-0.25, -0.2) is 13.8 Å². The highest BCUT2D eigenvalue weighted by Gasteiger charge is 2.16. The van der Waals surface area contributed by atoms with Gasteiger partial charge in [0.25, 0.3) is 12.3 Å². The average Bonchev–Trinajstić information content (AvgIpc) is 2.66. The van der Waals surface area contributed by atoms with Crippen LogP contribution < -0.4 is 21.1 Å². The molecule has 0 aromatic carbocycles. The highest BCUT2D eigenvalue weighted by Crippen LogP contribution is 2.25. The van der Waals surface area contributed by atoms with Crippen molar-refractivity contribution >= 4 is 23.4 Å². The van der Waals surface area contributed by atoms with Gasteiger partial charge in [0, 0.05) is 18.2 Å². The Bertz CT molecular complexity index is 800. The number of allylic oxidation sites excluding steroid dienone is 1. The van der Waals surface area contributed by atoms with Gasteiger partial charge in [-0.05, 0) is 37.5 Å². The fourth-order valence-corrected chi connectivity index (χ4v) is 2.61. The van der Waals surface area contributed by atoms with Gasteiger partial charge in [-0.2, -0.15) is 0 Å². The number of aromatic nitrogens is 1. The summed E-state index contributed by atoms with van der Waals surface area (Å²) in [6.45, 7) is 4.63. The molecule has 4 N–H and O–H groups in total. The number of carbonyl (C=O) groups excluding carboxylic acids is 2. The summed E-state index contributed by atoms with van der Waals surface area (Å²) in [5.41, 5.74) is 6.66. The molecule has 2 amide bonds. The molecular formula is C20H27ClF2N4O3. The number of rotatable bonds is 11. The molecule has 1 aromatic rings. The van der Waals surface area contributed by atoms with Gasteiger partial charge in [0.1, 0.15) is 10.8 Å². The number of ether oxygens (including phenoxy) is 1. The number of nitrogens with one attached hydrogen (secondary N) is 2. The number of hydrogen-bond acceptors (Lipinski definition) is 5. The van der Waals surface area contributed by atoms with Crippen molar-refractivity contribution in [2.45, 2.75) is 52.5 Å². The molecule has 0 bridgehead atoms. The second-order valence-electron chi connectivity index (χ2n) is 6.42. The maximum atomic E-state index is 12.6. The van der Waals surface area contributed by atoms with Crippen molar-refractivity contribution in [3.05, 3.63) is 46.4 Å². The lowest BCUT2D eigenvalue weighted by Crippen LogP contribution is -2.30. The zero-order valence-corrected chi connectivity index (χ0v) is 17.9. The van der Waals surface area contributed by atoms with Crippen LogP contribution in [0.25, 0.3) is 0 Å². The molecular weight excluding hydrogens is 418 g/mol. The van der Waals surface area contributed by atoms with E-state index in [1.54, 1.807) is 13.0 Å². The lowest BCUT2D eigenvalue weighted by atomic mass is 10.1. The van der Waals surface area contributed by atoms with Crippen LogP contribution in [0.15, 0.2) is 35.8 Å². The Hall–Kier alpha value is -2.68. The van der Waals surface area contributed by atoms with E-state index in [1.807, 2.05) is 13.8 Å². The van der Waals surface area contributed by atoms with Crippen molar-refractivity contribution < 1.29 is 23.1 Å². The molecule has 1 heterocycles. The number of nitrogens with two attached hydrogens (primary N) is 1. The highest BCUT2D eigenvalue weighted by atomic mass is 35.5. The summed E-state index contributed by atoms with van der Waals surface area (Å²) < 4.78 is 29.3. The van der Waals surface area contributed by atoms with Crippen molar-refractivity contribution in [2.24, 2.45) is 5.73 Å². The van der Waals surface area contributed by atoms with Crippen LogP contribution in [-0.2, 0) is 9.59 Å². The lowest BCUT2D eigenvalue weighted by molar-refractivity contribution is -0.120. The summed E-state index contributed by atoms with van der Waals surface area (Å²) in [4.78, 5) is 28.2. The van der Waals surface area contributed by atoms with Crippen molar-refractivity contribution in [1.82, 2.24) is 15.6 Å². The number of hydrogen-bond donors (Lipinski definition) is 3. The first kappa shape index (κ1) is 25.4. The Labute approximate surface area is 179 Å². The third kappa shape index (κ3) is 8.77. The minimum absolute atomic E-state index is 0.0568. The monoisotopic (exact) mass is 444 g/mol. The second kappa shape index (κ2) is 12.8. The Morgan fingerprint density at radius 2 is 2.07 bits per heavy atom. The van der Waals surface area contributed by atoms with E-state index < -0.39 is 25.0 Å². The van der Waals surface area contributed by atoms with Crippen LogP contribution in [0.3, 0.4) is 0 Å². The topological polar surface area (TPSA) is 106 Å². The summed E-state index contributed by atoms with van der Waals surface area (Å²) in [5.74, 6) is -0.678. The second-order valence-corrected chi connectivity index (χ2v) is 6.83. The van der Waals surface area contributed by atoms with E-state index in [2.05, 4.69) is 15.6 Å². The number of halogens is 3. The van der Waals surface area contributed by atoms with Gasteiger partial charge in [0.15, 0.2) is 6.61 Å². The van der Waals surface area contributed by atoms with Crippen LogP contribution in [0.1, 0.15) is 51.6 Å². The lowest BCUT2D eigenvalue weighted by Gasteiger charge is -2.16. The van der Waals surface area contributed by atoms with Gasteiger partial charge in [-0.1, -0.05) is 31.5 Å². The van der Waals surface area contributed by atoms with E-state index in [9.17, 15) is 18.4 Å². The molecule has 0 aliphatic carbocycles. The Kier molecular flexibility index (Phi) is 10.8. The van der Waals surface area contributed by atoms with E-state index in [1.165, 1.54) is 18.3 Å². The molecule has 0 spiro atoms. The van der Waals surface area contributed by atoms with Gasteiger partial charge >= 0.3 is 0 Å². The number of pyridine rings is 1. The smallest absolute Gasteiger partial charge is 0.272 e. The van der Waals surface area contributed by atoms with Crippen LogP contribution in [0.2, 0.25) is 5.02 Å². The molecule has 0 saturated heterocycles. The predicted molar refractivity (Wildman–Crippen MR) is 111 cm³/mol. The zero-order valence-electron chi connectivity index (χ0n) is 17.2. The fourth-order valence-electron chi connectivity index (χ4n) is 2.38. The molecule has 0 fully saturated rings. The van der Waals surface area contributed by atoms with Gasteiger partial charge in [0.2, 0.25) is 11.8 Å².